The Hall–Kier alpha value is -1.39. The van der Waals surface area contributed by atoms with Crippen LogP contribution in [-0.4, -0.2) is 49.2 Å². The van der Waals surface area contributed by atoms with Gasteiger partial charge < -0.3 is 9.64 Å². The average Bonchev–Trinajstić information content (AvgIpc) is 2.45. The molecule has 0 N–H and O–H groups in total. The summed E-state index contributed by atoms with van der Waals surface area (Å²) in [5.41, 5.74) is 2.39. The minimum Gasteiger partial charge on any atom is -0.373 e. The van der Waals surface area contributed by atoms with Crippen molar-refractivity contribution in [2.24, 2.45) is 0 Å². The number of nitrogens with zero attached hydrogens (tertiary/aromatic N) is 2. The molecule has 3 rings (SSSR count). The van der Waals surface area contributed by atoms with Crippen molar-refractivity contribution in [3.8, 4) is 0 Å². The molecule has 0 saturated carbocycles. The first-order valence-electron chi connectivity index (χ1n) is 7.89. The molecule has 2 unspecified atom stereocenters. The van der Waals surface area contributed by atoms with E-state index >= 15 is 0 Å². The molecule has 1 saturated heterocycles. The quantitative estimate of drug-likeness (QED) is 0.835. The molecule has 1 amide bonds. The maximum absolute atomic E-state index is 12.7. The van der Waals surface area contributed by atoms with E-state index in [9.17, 15) is 4.79 Å². The van der Waals surface area contributed by atoms with Gasteiger partial charge >= 0.3 is 0 Å². The van der Waals surface area contributed by atoms with E-state index in [-0.39, 0.29) is 18.1 Å². The number of benzene rings is 1. The van der Waals surface area contributed by atoms with Crippen LogP contribution in [0.4, 0.5) is 5.69 Å². The molecule has 2 heterocycles. The van der Waals surface area contributed by atoms with Crippen molar-refractivity contribution in [1.29, 1.82) is 0 Å². The molecule has 4 heteroatoms. The van der Waals surface area contributed by atoms with Gasteiger partial charge in [0.1, 0.15) is 0 Å². The van der Waals surface area contributed by atoms with Crippen LogP contribution in [0.3, 0.4) is 0 Å². The summed E-state index contributed by atoms with van der Waals surface area (Å²) >= 11 is 0. The molecule has 1 aromatic carbocycles. The van der Waals surface area contributed by atoms with Crippen LogP contribution in [0.15, 0.2) is 24.3 Å². The smallest absolute Gasteiger partial charge is 0.241 e. The zero-order valence-corrected chi connectivity index (χ0v) is 12.9. The van der Waals surface area contributed by atoms with Crippen LogP contribution in [0.25, 0.3) is 0 Å². The SMILES string of the molecule is CC1CN(CC(=O)N2CCCc3ccccc32)CC(C)O1. The van der Waals surface area contributed by atoms with Crippen molar-refractivity contribution >= 4 is 11.6 Å². The molecular weight excluding hydrogens is 264 g/mol. The maximum Gasteiger partial charge on any atom is 0.241 e. The predicted molar refractivity (Wildman–Crippen MR) is 83.6 cm³/mol. The molecule has 2 aliphatic heterocycles. The van der Waals surface area contributed by atoms with Crippen molar-refractivity contribution in [1.82, 2.24) is 4.90 Å². The molecule has 1 aromatic rings. The lowest BCUT2D eigenvalue weighted by Crippen LogP contribution is -2.50. The summed E-state index contributed by atoms with van der Waals surface area (Å²) in [5.74, 6) is 0.212. The van der Waals surface area contributed by atoms with Gasteiger partial charge in [-0.3, -0.25) is 9.69 Å². The highest BCUT2D eigenvalue weighted by atomic mass is 16.5. The van der Waals surface area contributed by atoms with E-state index in [1.165, 1.54) is 5.56 Å². The van der Waals surface area contributed by atoms with Gasteiger partial charge in [-0.05, 0) is 38.3 Å². The largest absolute Gasteiger partial charge is 0.373 e. The number of hydrogen-bond acceptors (Lipinski definition) is 3. The van der Waals surface area contributed by atoms with Crippen molar-refractivity contribution in [3.63, 3.8) is 0 Å². The topological polar surface area (TPSA) is 32.8 Å². The zero-order chi connectivity index (χ0) is 14.8. The van der Waals surface area contributed by atoms with Gasteiger partial charge in [0, 0.05) is 25.3 Å². The lowest BCUT2D eigenvalue weighted by Gasteiger charge is -2.37. The van der Waals surface area contributed by atoms with Crippen molar-refractivity contribution in [2.75, 3.05) is 31.1 Å². The van der Waals surface area contributed by atoms with E-state index in [1.807, 2.05) is 11.0 Å². The Labute approximate surface area is 126 Å². The number of carbonyl (C=O) groups is 1. The second kappa shape index (κ2) is 6.16. The minimum atomic E-state index is 0.204. The molecule has 0 radical (unpaired) electrons. The number of morpholine rings is 1. The molecule has 2 atom stereocenters. The van der Waals surface area contributed by atoms with Crippen molar-refractivity contribution in [3.05, 3.63) is 29.8 Å². The van der Waals surface area contributed by atoms with E-state index in [1.54, 1.807) is 0 Å². The molecule has 114 valence electrons. The Morgan fingerprint density at radius 3 is 2.71 bits per heavy atom. The standard InChI is InChI=1S/C17H24N2O2/c1-13-10-18(11-14(2)21-13)12-17(20)19-9-5-7-15-6-3-4-8-16(15)19/h3-4,6,8,13-14H,5,7,9-12H2,1-2H3. The first kappa shape index (κ1) is 14.5. The highest BCUT2D eigenvalue weighted by molar-refractivity contribution is 5.95. The zero-order valence-electron chi connectivity index (χ0n) is 12.9. The molecule has 0 spiro atoms. The van der Waals surface area contributed by atoms with Crippen LogP contribution < -0.4 is 4.90 Å². The van der Waals surface area contributed by atoms with E-state index in [0.29, 0.717) is 6.54 Å². The van der Waals surface area contributed by atoms with Crippen LogP contribution in [0.2, 0.25) is 0 Å². The van der Waals surface area contributed by atoms with Gasteiger partial charge in [-0.15, -0.1) is 0 Å². The van der Waals surface area contributed by atoms with Gasteiger partial charge in [-0.25, -0.2) is 0 Å². The fourth-order valence-corrected chi connectivity index (χ4v) is 3.48. The van der Waals surface area contributed by atoms with Crippen LogP contribution in [0, 0.1) is 0 Å². The minimum absolute atomic E-state index is 0.204. The molecule has 0 aliphatic carbocycles. The highest BCUT2D eigenvalue weighted by Crippen LogP contribution is 2.27. The van der Waals surface area contributed by atoms with E-state index in [4.69, 9.17) is 4.74 Å². The number of amides is 1. The van der Waals surface area contributed by atoms with Gasteiger partial charge in [-0.1, -0.05) is 18.2 Å². The molecular formula is C17H24N2O2. The summed E-state index contributed by atoms with van der Waals surface area (Å²) in [7, 11) is 0. The summed E-state index contributed by atoms with van der Waals surface area (Å²) in [6, 6.07) is 8.27. The summed E-state index contributed by atoms with van der Waals surface area (Å²) < 4.78 is 5.73. The number of rotatable bonds is 2. The molecule has 2 aliphatic rings. The predicted octanol–water partition coefficient (Wildman–Crippen LogP) is 2.07. The lowest BCUT2D eigenvalue weighted by atomic mass is 10.0. The van der Waals surface area contributed by atoms with Crippen LogP contribution in [0.1, 0.15) is 25.8 Å². The lowest BCUT2D eigenvalue weighted by molar-refractivity contribution is -0.123. The summed E-state index contributed by atoms with van der Waals surface area (Å²) in [5, 5.41) is 0. The third kappa shape index (κ3) is 3.27. The first-order chi connectivity index (χ1) is 10.1. The molecule has 1 fully saturated rings. The van der Waals surface area contributed by atoms with Gasteiger partial charge in [-0.2, -0.15) is 0 Å². The van der Waals surface area contributed by atoms with Crippen LogP contribution in [-0.2, 0) is 16.0 Å². The number of aryl methyl sites for hydroxylation is 1. The fraction of sp³-hybridized carbons (Fsp3) is 0.588. The Bertz CT molecular complexity index is 507. The summed E-state index contributed by atoms with van der Waals surface area (Å²) in [4.78, 5) is 16.9. The maximum atomic E-state index is 12.7. The number of hydrogen-bond donors (Lipinski definition) is 0. The van der Waals surface area contributed by atoms with E-state index in [0.717, 1.165) is 38.2 Å². The van der Waals surface area contributed by atoms with Gasteiger partial charge in [0.25, 0.3) is 0 Å². The Morgan fingerprint density at radius 1 is 1.24 bits per heavy atom. The van der Waals surface area contributed by atoms with Crippen LogP contribution >= 0.6 is 0 Å². The fourth-order valence-electron chi connectivity index (χ4n) is 3.48. The monoisotopic (exact) mass is 288 g/mol. The van der Waals surface area contributed by atoms with Crippen molar-refractivity contribution in [2.45, 2.75) is 38.9 Å². The second-order valence-corrected chi connectivity index (χ2v) is 6.23. The Balaban J connectivity index is 1.69. The van der Waals surface area contributed by atoms with E-state index < -0.39 is 0 Å². The van der Waals surface area contributed by atoms with Gasteiger partial charge in [0.2, 0.25) is 5.91 Å². The first-order valence-corrected chi connectivity index (χ1v) is 7.89. The summed E-state index contributed by atoms with van der Waals surface area (Å²) in [6.45, 7) is 7.15. The van der Waals surface area contributed by atoms with Gasteiger partial charge in [0.05, 0.1) is 18.8 Å². The number of anilines is 1. The highest BCUT2D eigenvalue weighted by Gasteiger charge is 2.27. The second-order valence-electron chi connectivity index (χ2n) is 6.23. The third-order valence-electron chi connectivity index (χ3n) is 4.27. The number of carbonyl (C=O) groups excluding carboxylic acids is 1. The summed E-state index contributed by atoms with van der Waals surface area (Å²) in [6.07, 6.45) is 2.54. The normalized spacial score (nSPS) is 26.5. The van der Waals surface area contributed by atoms with Gasteiger partial charge in [0.15, 0.2) is 0 Å². The molecule has 0 aromatic heterocycles. The Morgan fingerprint density at radius 2 is 1.95 bits per heavy atom. The number of ether oxygens (including phenoxy) is 1. The molecule has 0 bridgehead atoms. The Kier molecular flexibility index (Phi) is 4.27. The van der Waals surface area contributed by atoms with Crippen molar-refractivity contribution < 1.29 is 9.53 Å². The molecule has 4 nitrogen and oxygen atoms in total. The molecule has 21 heavy (non-hydrogen) atoms. The van der Waals surface area contributed by atoms with E-state index in [2.05, 4.69) is 36.9 Å². The number of para-hydroxylation sites is 1. The average molecular weight is 288 g/mol. The van der Waals surface area contributed by atoms with Crippen LogP contribution in [0.5, 0.6) is 0 Å². The third-order valence-corrected chi connectivity index (χ3v) is 4.27. The number of fused-ring (bicyclic) bond motifs is 1.